The van der Waals surface area contributed by atoms with Crippen molar-refractivity contribution in [3.8, 4) is 10.7 Å². The summed E-state index contributed by atoms with van der Waals surface area (Å²) in [5, 5.41) is 20.1. The zero-order valence-electron chi connectivity index (χ0n) is 11.5. The first-order valence-electron chi connectivity index (χ1n) is 6.50. The van der Waals surface area contributed by atoms with Crippen LogP contribution in [-0.4, -0.2) is 42.6 Å². The SMILES string of the molecule is CSC1(Cn2c(SCC(=O)O)nnc2-c2cccs2)CC1. The maximum atomic E-state index is 10.8. The molecule has 2 aromatic rings. The van der Waals surface area contributed by atoms with Crippen LogP contribution >= 0.6 is 34.9 Å². The largest absolute Gasteiger partial charge is 0.481 e. The van der Waals surface area contributed by atoms with E-state index in [9.17, 15) is 4.79 Å². The monoisotopic (exact) mass is 341 g/mol. The minimum atomic E-state index is -0.835. The zero-order chi connectivity index (χ0) is 14.9. The maximum Gasteiger partial charge on any atom is 0.313 e. The highest BCUT2D eigenvalue weighted by Gasteiger charge is 2.43. The molecule has 2 aromatic heterocycles. The quantitative estimate of drug-likeness (QED) is 0.781. The third-order valence-electron chi connectivity index (χ3n) is 3.47. The molecule has 0 bridgehead atoms. The Balaban J connectivity index is 1.91. The molecular weight excluding hydrogens is 326 g/mol. The van der Waals surface area contributed by atoms with Crippen molar-refractivity contribution in [1.29, 1.82) is 0 Å². The topological polar surface area (TPSA) is 68.0 Å². The second kappa shape index (κ2) is 6.02. The van der Waals surface area contributed by atoms with E-state index in [-0.39, 0.29) is 10.5 Å². The molecule has 0 aromatic carbocycles. The number of hydrogen-bond donors (Lipinski definition) is 1. The van der Waals surface area contributed by atoms with Gasteiger partial charge in [0.2, 0.25) is 0 Å². The van der Waals surface area contributed by atoms with E-state index in [0.717, 1.165) is 17.2 Å². The zero-order valence-corrected chi connectivity index (χ0v) is 13.9. The standard InChI is InChI=1S/C13H15N3O2S3/c1-19-13(4-5-13)8-16-11(9-3-2-6-20-9)14-15-12(16)21-7-10(17)18/h2-3,6H,4-5,7-8H2,1H3,(H,17,18). The number of hydrogen-bond acceptors (Lipinski definition) is 6. The fraction of sp³-hybridized carbons (Fsp3) is 0.462. The fourth-order valence-electron chi connectivity index (χ4n) is 2.11. The van der Waals surface area contributed by atoms with Crippen molar-refractivity contribution in [2.24, 2.45) is 0 Å². The van der Waals surface area contributed by atoms with Gasteiger partial charge in [-0.15, -0.1) is 21.5 Å². The van der Waals surface area contributed by atoms with Gasteiger partial charge in [0, 0.05) is 11.3 Å². The summed E-state index contributed by atoms with van der Waals surface area (Å²) in [5.74, 6) is 0.0194. The molecule has 1 aliphatic rings. The van der Waals surface area contributed by atoms with Crippen LogP contribution in [0.5, 0.6) is 0 Å². The second-order valence-electron chi connectivity index (χ2n) is 4.94. The molecular formula is C13H15N3O2S3. The second-order valence-corrected chi connectivity index (χ2v) is 8.10. The molecule has 5 nitrogen and oxygen atoms in total. The summed E-state index contributed by atoms with van der Waals surface area (Å²) in [4.78, 5) is 11.9. The highest BCUT2D eigenvalue weighted by Crippen LogP contribution is 2.49. The van der Waals surface area contributed by atoms with E-state index in [4.69, 9.17) is 5.11 Å². The van der Waals surface area contributed by atoms with Crippen LogP contribution in [0.1, 0.15) is 12.8 Å². The summed E-state index contributed by atoms with van der Waals surface area (Å²) in [6, 6.07) is 4.01. The highest BCUT2D eigenvalue weighted by molar-refractivity contribution is 8.00. The Labute approximate surface area is 135 Å². The summed E-state index contributed by atoms with van der Waals surface area (Å²) < 4.78 is 2.36. The first kappa shape index (κ1) is 14.9. The Kier molecular flexibility index (Phi) is 4.28. The summed E-state index contributed by atoms with van der Waals surface area (Å²) >= 11 is 4.74. The van der Waals surface area contributed by atoms with Gasteiger partial charge in [-0.3, -0.25) is 9.36 Å². The predicted octanol–water partition coefficient (Wildman–Crippen LogP) is 3.08. The Bertz CT molecular complexity index is 635. The Hall–Kier alpha value is -0.990. The van der Waals surface area contributed by atoms with Crippen LogP contribution in [0.3, 0.4) is 0 Å². The van der Waals surface area contributed by atoms with E-state index in [1.807, 2.05) is 29.3 Å². The first-order chi connectivity index (χ1) is 10.1. The molecule has 3 rings (SSSR count). The number of aromatic nitrogens is 3. The lowest BCUT2D eigenvalue weighted by molar-refractivity contribution is -0.133. The number of nitrogens with zero attached hydrogens (tertiary/aromatic N) is 3. The molecule has 0 aliphatic heterocycles. The highest BCUT2D eigenvalue weighted by atomic mass is 32.2. The normalized spacial score (nSPS) is 16.0. The first-order valence-corrected chi connectivity index (χ1v) is 9.59. The van der Waals surface area contributed by atoms with Gasteiger partial charge in [0.15, 0.2) is 11.0 Å². The minimum Gasteiger partial charge on any atom is -0.481 e. The third kappa shape index (κ3) is 3.27. The third-order valence-corrected chi connectivity index (χ3v) is 6.69. The molecule has 0 spiro atoms. The van der Waals surface area contributed by atoms with Crippen molar-refractivity contribution < 1.29 is 9.90 Å². The lowest BCUT2D eigenvalue weighted by Gasteiger charge is -2.15. The van der Waals surface area contributed by atoms with Crippen molar-refractivity contribution in [3.05, 3.63) is 17.5 Å². The van der Waals surface area contributed by atoms with Gasteiger partial charge in [0.1, 0.15) is 0 Å². The van der Waals surface area contributed by atoms with Crippen molar-refractivity contribution >= 4 is 40.8 Å². The number of thiophene rings is 1. The lowest BCUT2D eigenvalue weighted by Crippen LogP contribution is -2.16. The van der Waals surface area contributed by atoms with Gasteiger partial charge in [-0.2, -0.15) is 11.8 Å². The molecule has 1 N–H and O–H groups in total. The predicted molar refractivity (Wildman–Crippen MR) is 87.2 cm³/mol. The van der Waals surface area contributed by atoms with Gasteiger partial charge >= 0.3 is 5.97 Å². The molecule has 8 heteroatoms. The maximum absolute atomic E-state index is 10.8. The molecule has 0 amide bonds. The Morgan fingerprint density at radius 2 is 2.33 bits per heavy atom. The van der Waals surface area contributed by atoms with Crippen LogP contribution in [-0.2, 0) is 11.3 Å². The number of carbonyl (C=O) groups is 1. The number of carboxylic acids is 1. The van der Waals surface area contributed by atoms with E-state index >= 15 is 0 Å². The van der Waals surface area contributed by atoms with Gasteiger partial charge in [-0.1, -0.05) is 17.8 Å². The summed E-state index contributed by atoms with van der Waals surface area (Å²) in [6.45, 7) is 0.844. The minimum absolute atomic E-state index is 0.00877. The summed E-state index contributed by atoms with van der Waals surface area (Å²) in [7, 11) is 0. The van der Waals surface area contributed by atoms with E-state index in [1.165, 1.54) is 24.6 Å². The van der Waals surface area contributed by atoms with E-state index in [2.05, 4.69) is 21.0 Å². The van der Waals surface area contributed by atoms with E-state index in [1.54, 1.807) is 11.3 Å². The van der Waals surface area contributed by atoms with Crippen molar-refractivity contribution in [1.82, 2.24) is 14.8 Å². The van der Waals surface area contributed by atoms with Crippen LogP contribution in [0.2, 0.25) is 0 Å². The number of rotatable bonds is 7. The van der Waals surface area contributed by atoms with Crippen LogP contribution in [0.25, 0.3) is 10.7 Å². The van der Waals surface area contributed by atoms with Crippen LogP contribution in [0.4, 0.5) is 0 Å². The number of thioether (sulfide) groups is 2. The lowest BCUT2D eigenvalue weighted by atomic mass is 10.4. The molecule has 2 heterocycles. The molecule has 0 radical (unpaired) electrons. The van der Waals surface area contributed by atoms with Crippen molar-refractivity contribution in [2.45, 2.75) is 29.3 Å². The molecule has 1 aliphatic carbocycles. The fourth-order valence-corrected chi connectivity index (χ4v) is 4.25. The van der Waals surface area contributed by atoms with Gasteiger partial charge in [-0.05, 0) is 30.5 Å². The average molecular weight is 341 g/mol. The Morgan fingerprint density at radius 1 is 1.52 bits per heavy atom. The Morgan fingerprint density at radius 3 is 2.90 bits per heavy atom. The molecule has 0 unspecified atom stereocenters. The van der Waals surface area contributed by atoms with Crippen molar-refractivity contribution in [3.63, 3.8) is 0 Å². The molecule has 1 saturated carbocycles. The van der Waals surface area contributed by atoms with Gasteiger partial charge in [0.25, 0.3) is 0 Å². The number of aliphatic carboxylic acids is 1. The molecule has 1 fully saturated rings. The summed E-state index contributed by atoms with van der Waals surface area (Å²) in [6.07, 6.45) is 4.52. The van der Waals surface area contributed by atoms with Gasteiger partial charge in [-0.25, -0.2) is 0 Å². The molecule has 0 atom stereocenters. The summed E-state index contributed by atoms with van der Waals surface area (Å²) in [5.41, 5.74) is 0. The van der Waals surface area contributed by atoms with Crippen LogP contribution in [0, 0.1) is 0 Å². The van der Waals surface area contributed by atoms with Gasteiger partial charge in [0.05, 0.1) is 10.6 Å². The van der Waals surface area contributed by atoms with E-state index < -0.39 is 5.97 Å². The number of carboxylic acid groups (broad SMARTS) is 1. The smallest absolute Gasteiger partial charge is 0.313 e. The van der Waals surface area contributed by atoms with Crippen LogP contribution in [0.15, 0.2) is 22.7 Å². The average Bonchev–Trinajstić information content (AvgIpc) is 2.87. The van der Waals surface area contributed by atoms with E-state index in [0.29, 0.717) is 5.16 Å². The van der Waals surface area contributed by atoms with Crippen LogP contribution < -0.4 is 0 Å². The van der Waals surface area contributed by atoms with Gasteiger partial charge < -0.3 is 5.11 Å². The molecule has 0 saturated heterocycles. The molecule has 21 heavy (non-hydrogen) atoms. The van der Waals surface area contributed by atoms with Crippen molar-refractivity contribution in [2.75, 3.05) is 12.0 Å². The molecule has 112 valence electrons.